The Kier molecular flexibility index (Phi) is 5.66. The van der Waals surface area contributed by atoms with Crippen LogP contribution in [0.4, 0.5) is 5.69 Å². The number of methoxy groups -OCH3 is 2. The predicted octanol–water partition coefficient (Wildman–Crippen LogP) is 0.396. The van der Waals surface area contributed by atoms with Gasteiger partial charge in [-0.15, -0.1) is 0 Å². The van der Waals surface area contributed by atoms with Crippen molar-refractivity contribution in [3.63, 3.8) is 0 Å². The summed E-state index contributed by atoms with van der Waals surface area (Å²) in [5.41, 5.74) is 0.638. The van der Waals surface area contributed by atoms with Gasteiger partial charge in [0, 0.05) is 11.8 Å². The molecule has 0 aromatic heterocycles. The number of amides is 1. The number of esters is 1. The van der Waals surface area contributed by atoms with Crippen molar-refractivity contribution in [1.82, 2.24) is 5.32 Å². The molecule has 0 aliphatic carbocycles. The Morgan fingerprint density at radius 1 is 1.22 bits per heavy atom. The van der Waals surface area contributed by atoms with Gasteiger partial charge in [-0.2, -0.15) is 0 Å². The second-order valence-corrected chi connectivity index (χ2v) is 3.46. The third-order valence-corrected chi connectivity index (χ3v) is 2.14. The van der Waals surface area contributed by atoms with Crippen molar-refractivity contribution in [2.75, 3.05) is 32.6 Å². The van der Waals surface area contributed by atoms with Crippen LogP contribution in [0, 0.1) is 0 Å². The Morgan fingerprint density at radius 2 is 2.00 bits per heavy atom. The number of carbonyl (C=O) groups is 2. The van der Waals surface area contributed by atoms with Crippen molar-refractivity contribution >= 4 is 17.6 Å². The molecule has 2 N–H and O–H groups in total. The van der Waals surface area contributed by atoms with E-state index in [4.69, 9.17) is 4.74 Å². The van der Waals surface area contributed by atoms with E-state index in [1.54, 1.807) is 31.4 Å². The lowest BCUT2D eigenvalue weighted by Crippen LogP contribution is -2.32. The topological polar surface area (TPSA) is 76.7 Å². The lowest BCUT2D eigenvalue weighted by atomic mass is 10.3. The first-order valence-corrected chi connectivity index (χ1v) is 5.37. The van der Waals surface area contributed by atoms with Gasteiger partial charge in [0.1, 0.15) is 5.75 Å². The van der Waals surface area contributed by atoms with Gasteiger partial charge in [-0.3, -0.25) is 14.9 Å². The molecule has 0 heterocycles. The molecule has 0 bridgehead atoms. The molecule has 0 saturated carbocycles. The average Bonchev–Trinajstić information content (AvgIpc) is 2.38. The van der Waals surface area contributed by atoms with Crippen molar-refractivity contribution in [2.45, 2.75) is 0 Å². The van der Waals surface area contributed by atoms with Crippen molar-refractivity contribution in [1.29, 1.82) is 0 Å². The molecule has 0 fully saturated rings. The fourth-order valence-electron chi connectivity index (χ4n) is 1.26. The van der Waals surface area contributed by atoms with Crippen molar-refractivity contribution in [2.24, 2.45) is 0 Å². The molecular weight excluding hydrogens is 236 g/mol. The maximum absolute atomic E-state index is 11.5. The summed E-state index contributed by atoms with van der Waals surface area (Å²) in [7, 11) is 2.85. The first-order chi connectivity index (χ1) is 8.65. The van der Waals surface area contributed by atoms with Crippen LogP contribution in [-0.2, 0) is 14.3 Å². The number of carbonyl (C=O) groups excluding carboxylic acids is 2. The highest BCUT2D eigenvalue weighted by Gasteiger charge is 2.04. The monoisotopic (exact) mass is 252 g/mol. The van der Waals surface area contributed by atoms with Crippen LogP contribution < -0.4 is 15.4 Å². The molecule has 6 heteroatoms. The first-order valence-electron chi connectivity index (χ1n) is 5.37. The molecular formula is C12H16N2O4. The van der Waals surface area contributed by atoms with E-state index in [2.05, 4.69) is 15.4 Å². The van der Waals surface area contributed by atoms with E-state index in [9.17, 15) is 9.59 Å². The fraction of sp³-hybridized carbons (Fsp3) is 0.333. The minimum absolute atomic E-state index is 0.00201. The van der Waals surface area contributed by atoms with E-state index in [1.807, 2.05) is 0 Å². The van der Waals surface area contributed by atoms with E-state index >= 15 is 0 Å². The summed E-state index contributed by atoms with van der Waals surface area (Å²) in [5, 5.41) is 5.34. The smallest absolute Gasteiger partial charge is 0.319 e. The highest BCUT2D eigenvalue weighted by Crippen LogP contribution is 2.16. The van der Waals surface area contributed by atoms with Crippen LogP contribution in [0.5, 0.6) is 5.75 Å². The zero-order valence-corrected chi connectivity index (χ0v) is 10.4. The van der Waals surface area contributed by atoms with Gasteiger partial charge in [-0.05, 0) is 12.1 Å². The molecule has 18 heavy (non-hydrogen) atoms. The summed E-state index contributed by atoms with van der Waals surface area (Å²) in [6, 6.07) is 7.01. The van der Waals surface area contributed by atoms with Crippen LogP contribution in [0.2, 0.25) is 0 Å². The van der Waals surface area contributed by atoms with Crippen molar-refractivity contribution < 1.29 is 19.1 Å². The summed E-state index contributed by atoms with van der Waals surface area (Å²) >= 11 is 0. The summed E-state index contributed by atoms with van der Waals surface area (Å²) in [6.07, 6.45) is 0. The van der Waals surface area contributed by atoms with Gasteiger partial charge >= 0.3 is 5.97 Å². The largest absolute Gasteiger partial charge is 0.497 e. The summed E-state index contributed by atoms with van der Waals surface area (Å²) in [4.78, 5) is 22.3. The molecule has 0 spiro atoms. The van der Waals surface area contributed by atoms with Crippen LogP contribution in [0.15, 0.2) is 24.3 Å². The van der Waals surface area contributed by atoms with Crippen LogP contribution >= 0.6 is 0 Å². The summed E-state index contributed by atoms with van der Waals surface area (Å²) in [5.74, 6) is 0.00616. The molecule has 0 aliphatic rings. The lowest BCUT2D eigenvalue weighted by molar-refractivity contribution is -0.139. The Balaban J connectivity index is 2.37. The molecule has 1 aromatic carbocycles. The summed E-state index contributed by atoms with van der Waals surface area (Å²) in [6.45, 7) is 0.0361. The predicted molar refractivity (Wildman–Crippen MR) is 66.5 cm³/mol. The molecule has 0 saturated heterocycles. The molecule has 0 atom stereocenters. The van der Waals surface area contributed by atoms with E-state index in [1.165, 1.54) is 7.11 Å². The maximum atomic E-state index is 11.5. The molecule has 1 amide bonds. The Labute approximate surface area is 105 Å². The quantitative estimate of drug-likeness (QED) is 0.716. The molecule has 98 valence electrons. The van der Waals surface area contributed by atoms with E-state index in [0.717, 1.165) is 0 Å². The Hall–Kier alpha value is -2.08. The minimum Gasteiger partial charge on any atom is -0.497 e. The molecule has 0 unspecified atom stereocenters. The van der Waals surface area contributed by atoms with Gasteiger partial charge in [-0.1, -0.05) is 6.07 Å². The Morgan fingerprint density at radius 3 is 2.67 bits per heavy atom. The van der Waals surface area contributed by atoms with Crippen LogP contribution in [0.1, 0.15) is 0 Å². The van der Waals surface area contributed by atoms with Gasteiger partial charge in [0.25, 0.3) is 0 Å². The number of ether oxygens (including phenoxy) is 2. The number of rotatable bonds is 6. The third-order valence-electron chi connectivity index (χ3n) is 2.14. The first kappa shape index (κ1) is 14.0. The number of hydrogen-bond donors (Lipinski definition) is 2. The van der Waals surface area contributed by atoms with Gasteiger partial charge in [-0.25, -0.2) is 0 Å². The summed E-state index contributed by atoms with van der Waals surface area (Å²) < 4.78 is 9.47. The second-order valence-electron chi connectivity index (χ2n) is 3.46. The SMILES string of the molecule is COC(=O)CNCC(=O)Nc1cccc(OC)c1. The van der Waals surface area contributed by atoms with Crippen molar-refractivity contribution in [3.05, 3.63) is 24.3 Å². The maximum Gasteiger partial charge on any atom is 0.319 e. The van der Waals surface area contributed by atoms with Gasteiger partial charge < -0.3 is 14.8 Å². The van der Waals surface area contributed by atoms with Crippen LogP contribution in [-0.4, -0.2) is 39.2 Å². The standard InChI is InChI=1S/C12H16N2O4/c1-17-10-5-3-4-9(6-10)14-11(15)7-13-8-12(16)18-2/h3-6,13H,7-8H2,1-2H3,(H,14,15). The third kappa shape index (κ3) is 4.84. The average molecular weight is 252 g/mol. The van der Waals surface area contributed by atoms with Gasteiger partial charge in [0.05, 0.1) is 27.3 Å². The highest BCUT2D eigenvalue weighted by molar-refractivity contribution is 5.92. The Bertz CT molecular complexity index is 420. The van der Waals surface area contributed by atoms with Crippen LogP contribution in [0.25, 0.3) is 0 Å². The van der Waals surface area contributed by atoms with E-state index < -0.39 is 5.97 Å². The molecule has 1 rings (SSSR count). The zero-order valence-electron chi connectivity index (χ0n) is 10.4. The molecule has 0 aliphatic heterocycles. The zero-order chi connectivity index (χ0) is 13.4. The molecule has 6 nitrogen and oxygen atoms in total. The highest BCUT2D eigenvalue weighted by atomic mass is 16.5. The minimum atomic E-state index is -0.413. The number of benzene rings is 1. The van der Waals surface area contributed by atoms with Gasteiger partial charge in [0.15, 0.2) is 0 Å². The van der Waals surface area contributed by atoms with Crippen LogP contribution in [0.3, 0.4) is 0 Å². The molecule has 1 aromatic rings. The normalized spacial score (nSPS) is 9.67. The van der Waals surface area contributed by atoms with Crippen molar-refractivity contribution in [3.8, 4) is 5.75 Å². The lowest BCUT2D eigenvalue weighted by Gasteiger charge is -2.07. The van der Waals surface area contributed by atoms with E-state index in [0.29, 0.717) is 11.4 Å². The molecule has 0 radical (unpaired) electrons. The number of hydrogen-bond acceptors (Lipinski definition) is 5. The number of nitrogens with one attached hydrogen (secondary N) is 2. The second kappa shape index (κ2) is 7.29. The van der Waals surface area contributed by atoms with E-state index in [-0.39, 0.29) is 19.0 Å². The number of anilines is 1. The van der Waals surface area contributed by atoms with Gasteiger partial charge in [0.2, 0.25) is 5.91 Å². The fourth-order valence-corrected chi connectivity index (χ4v) is 1.26.